The van der Waals surface area contributed by atoms with Crippen LogP contribution in [0.15, 0.2) is 42.5 Å². The van der Waals surface area contributed by atoms with Crippen molar-refractivity contribution >= 4 is 35.1 Å². The molecule has 1 aliphatic carbocycles. The quantitative estimate of drug-likeness (QED) is 0.468. The zero-order valence-electron chi connectivity index (χ0n) is 16.1. The van der Waals surface area contributed by atoms with Gasteiger partial charge in [-0.15, -0.1) is 0 Å². The zero-order valence-corrected chi connectivity index (χ0v) is 17.6. The maximum Gasteiger partial charge on any atom is 0.335 e. The van der Waals surface area contributed by atoms with Crippen molar-refractivity contribution in [1.82, 2.24) is 5.32 Å². The Morgan fingerprint density at radius 3 is 2.00 bits per heavy atom. The number of aliphatic carboxylic acids is 2. The number of aliphatic hydroxyl groups is 2. The number of rotatable bonds is 5. The van der Waals surface area contributed by atoms with E-state index in [2.05, 4.69) is 35.6 Å². The number of nitrogens with one attached hydrogen (secondary N) is 1. The summed E-state index contributed by atoms with van der Waals surface area (Å²) in [5.74, 6) is -3.13. The molecule has 162 valence electrons. The lowest BCUT2D eigenvalue weighted by Crippen LogP contribution is -2.39. The van der Waals surface area contributed by atoms with Gasteiger partial charge in [-0.05, 0) is 48.7 Å². The van der Waals surface area contributed by atoms with Crippen LogP contribution in [0.2, 0.25) is 10.0 Å². The van der Waals surface area contributed by atoms with Crippen LogP contribution in [0, 0.1) is 0 Å². The van der Waals surface area contributed by atoms with E-state index in [0.29, 0.717) is 22.0 Å². The molecule has 0 heterocycles. The van der Waals surface area contributed by atoms with Gasteiger partial charge in [0.25, 0.3) is 0 Å². The first-order valence-corrected chi connectivity index (χ1v) is 9.95. The molecule has 2 aromatic carbocycles. The number of carboxylic acid groups (broad SMARTS) is 2. The number of hydrogen-bond donors (Lipinski definition) is 5. The summed E-state index contributed by atoms with van der Waals surface area (Å²) in [5, 5.41) is 37.2. The van der Waals surface area contributed by atoms with E-state index in [9.17, 15) is 9.59 Å². The summed E-state index contributed by atoms with van der Waals surface area (Å²) in [5.41, 5.74) is 4.05. The lowest BCUT2D eigenvalue weighted by Gasteiger charge is -2.32. The van der Waals surface area contributed by atoms with E-state index in [1.54, 1.807) is 0 Å². The third kappa shape index (κ3) is 5.71. The Hall–Kier alpha value is -2.16. The fourth-order valence-corrected chi connectivity index (χ4v) is 3.74. The molecular formula is C21H23Cl2NO6. The summed E-state index contributed by atoms with van der Waals surface area (Å²) in [6, 6.07) is 15.1. The molecule has 0 radical (unpaired) electrons. The number of fused-ring (bicyclic) bond motifs is 1. The van der Waals surface area contributed by atoms with Gasteiger partial charge in [0.2, 0.25) is 0 Å². The second-order valence-corrected chi connectivity index (χ2v) is 7.65. The number of hydrogen-bond acceptors (Lipinski definition) is 5. The van der Waals surface area contributed by atoms with Crippen LogP contribution in [0.4, 0.5) is 0 Å². The highest BCUT2D eigenvalue weighted by molar-refractivity contribution is 6.42. The van der Waals surface area contributed by atoms with Crippen molar-refractivity contribution in [2.75, 3.05) is 7.05 Å². The van der Waals surface area contributed by atoms with Crippen LogP contribution in [0.5, 0.6) is 0 Å². The summed E-state index contributed by atoms with van der Waals surface area (Å²) in [7, 11) is 2.03. The van der Waals surface area contributed by atoms with Crippen molar-refractivity contribution in [1.29, 1.82) is 0 Å². The highest BCUT2D eigenvalue weighted by Gasteiger charge is 2.29. The zero-order chi connectivity index (χ0) is 22.4. The molecule has 0 spiro atoms. The van der Waals surface area contributed by atoms with Gasteiger partial charge in [-0.3, -0.25) is 0 Å². The van der Waals surface area contributed by atoms with E-state index < -0.39 is 24.1 Å². The van der Waals surface area contributed by atoms with Crippen LogP contribution in [0.25, 0.3) is 0 Å². The van der Waals surface area contributed by atoms with Gasteiger partial charge in [-0.25, -0.2) is 9.59 Å². The molecular weight excluding hydrogens is 433 g/mol. The Bertz CT molecular complexity index is 889. The fraction of sp³-hybridized carbons (Fsp3) is 0.333. The molecule has 30 heavy (non-hydrogen) atoms. The highest BCUT2D eigenvalue weighted by atomic mass is 35.5. The van der Waals surface area contributed by atoms with Gasteiger partial charge in [-0.1, -0.05) is 53.5 Å². The topological polar surface area (TPSA) is 127 Å². The normalized spacial score (nSPS) is 19.6. The summed E-state index contributed by atoms with van der Waals surface area (Å²) < 4.78 is 0. The second-order valence-electron chi connectivity index (χ2n) is 6.84. The van der Waals surface area contributed by atoms with Crippen LogP contribution >= 0.6 is 23.2 Å². The van der Waals surface area contributed by atoms with Crippen LogP contribution < -0.4 is 5.32 Å². The number of carbonyl (C=O) groups is 2. The van der Waals surface area contributed by atoms with Gasteiger partial charge in [0, 0.05) is 12.0 Å². The molecule has 0 bridgehead atoms. The molecule has 7 nitrogen and oxygen atoms in total. The monoisotopic (exact) mass is 455 g/mol. The molecule has 0 amide bonds. The summed E-state index contributed by atoms with van der Waals surface area (Å²) in [4.78, 5) is 19.5. The number of benzene rings is 2. The average Bonchev–Trinajstić information content (AvgIpc) is 2.74. The summed E-state index contributed by atoms with van der Waals surface area (Å²) >= 11 is 12.2. The number of aliphatic hydroxyl groups excluding tert-OH is 2. The smallest absolute Gasteiger partial charge is 0.335 e. The molecule has 2 unspecified atom stereocenters. The van der Waals surface area contributed by atoms with Gasteiger partial charge in [0.05, 0.1) is 10.0 Å². The molecule has 0 aromatic heterocycles. The van der Waals surface area contributed by atoms with E-state index in [0.717, 1.165) is 12.8 Å². The van der Waals surface area contributed by atoms with E-state index in [1.807, 2.05) is 19.2 Å². The van der Waals surface area contributed by atoms with Crippen LogP contribution in [-0.2, 0) is 9.59 Å². The van der Waals surface area contributed by atoms with Crippen LogP contribution in [0.1, 0.15) is 41.5 Å². The number of carboxylic acids is 2. The Morgan fingerprint density at radius 1 is 0.933 bits per heavy atom. The molecule has 0 fully saturated rings. The average molecular weight is 456 g/mol. The van der Waals surface area contributed by atoms with E-state index in [4.69, 9.17) is 43.6 Å². The molecule has 0 aliphatic heterocycles. The second kappa shape index (κ2) is 10.7. The molecule has 5 N–H and O–H groups in total. The van der Waals surface area contributed by atoms with Crippen LogP contribution in [0.3, 0.4) is 0 Å². The largest absolute Gasteiger partial charge is 0.479 e. The van der Waals surface area contributed by atoms with E-state index in [1.165, 1.54) is 16.7 Å². The van der Waals surface area contributed by atoms with E-state index in [-0.39, 0.29) is 0 Å². The van der Waals surface area contributed by atoms with Crippen molar-refractivity contribution in [3.8, 4) is 0 Å². The lowest BCUT2D eigenvalue weighted by molar-refractivity contribution is -0.165. The highest BCUT2D eigenvalue weighted by Crippen LogP contribution is 2.42. The van der Waals surface area contributed by atoms with Crippen molar-refractivity contribution in [3.63, 3.8) is 0 Å². The van der Waals surface area contributed by atoms with Gasteiger partial charge in [0.15, 0.2) is 12.2 Å². The Balaban J connectivity index is 0.000000274. The third-order valence-electron chi connectivity index (χ3n) is 4.99. The van der Waals surface area contributed by atoms with Crippen LogP contribution in [-0.4, -0.2) is 51.6 Å². The van der Waals surface area contributed by atoms with Gasteiger partial charge >= 0.3 is 11.9 Å². The number of halogens is 2. The Kier molecular flexibility index (Phi) is 8.64. The van der Waals surface area contributed by atoms with Crippen molar-refractivity contribution in [2.24, 2.45) is 0 Å². The third-order valence-corrected chi connectivity index (χ3v) is 5.73. The molecule has 9 heteroatoms. The van der Waals surface area contributed by atoms with Gasteiger partial charge in [-0.2, -0.15) is 0 Å². The molecule has 2 aromatic rings. The maximum absolute atomic E-state index is 9.77. The van der Waals surface area contributed by atoms with Gasteiger partial charge in [0.1, 0.15) is 0 Å². The first-order valence-electron chi connectivity index (χ1n) is 9.20. The standard InChI is InChI=1S/C17H17Cl2N.C4H6O6/c1-20-17-9-7-12(13-4-2-3-5-14(13)17)11-6-8-15(18)16(19)10-11;5-1(3(7)8)2(6)4(9)10/h2-6,8,10,12,17,20H,7,9H2,1H3;1-2,5-6H,(H,7,8)(H,9,10)/t12-,17-;/m0./s1. The molecule has 3 rings (SSSR count). The maximum atomic E-state index is 9.77. The Morgan fingerprint density at radius 2 is 1.50 bits per heavy atom. The molecule has 0 saturated heterocycles. The minimum absolute atomic E-state index is 0.408. The van der Waals surface area contributed by atoms with E-state index >= 15 is 0 Å². The van der Waals surface area contributed by atoms with Crippen molar-refractivity contribution in [2.45, 2.75) is 37.0 Å². The first kappa shape index (κ1) is 24.1. The molecule has 4 atom stereocenters. The van der Waals surface area contributed by atoms with Gasteiger partial charge < -0.3 is 25.7 Å². The predicted octanol–water partition coefficient (Wildman–Crippen LogP) is 3.06. The lowest BCUT2D eigenvalue weighted by atomic mass is 9.77. The molecule has 0 saturated carbocycles. The summed E-state index contributed by atoms with van der Waals surface area (Å²) in [6.07, 6.45) is -2.27. The van der Waals surface area contributed by atoms with Crippen molar-refractivity contribution < 1.29 is 30.0 Å². The minimum atomic E-state index is -2.27. The predicted molar refractivity (Wildman–Crippen MR) is 113 cm³/mol. The summed E-state index contributed by atoms with van der Waals surface area (Å²) in [6.45, 7) is 0. The first-order chi connectivity index (χ1) is 14.2. The minimum Gasteiger partial charge on any atom is -0.479 e. The fourth-order valence-electron chi connectivity index (χ4n) is 3.44. The van der Waals surface area contributed by atoms with Crippen molar-refractivity contribution in [3.05, 3.63) is 69.2 Å². The Labute approximate surface area is 183 Å². The SMILES string of the molecule is CN[C@H]1CC[C@@H](c2ccc(Cl)c(Cl)c2)c2ccccc21.O=C(O)C(O)C(O)C(=O)O. The molecule has 1 aliphatic rings.